The molecule has 1 rings (SSSR count). The Morgan fingerprint density at radius 2 is 2.33 bits per heavy atom. The zero-order valence-corrected chi connectivity index (χ0v) is 4.20. The predicted octanol–water partition coefficient (Wildman–Crippen LogP) is 1.08. The Kier molecular flexibility index (Phi) is 2.91. The molecule has 0 atom stereocenters. The van der Waals surface area contributed by atoms with E-state index in [9.17, 15) is 0 Å². The van der Waals surface area contributed by atoms with Crippen LogP contribution in [0.5, 0.6) is 0 Å². The summed E-state index contributed by atoms with van der Waals surface area (Å²) in [4.78, 5) is 0. The molecule has 0 bridgehead atoms. The molecule has 1 nitrogen and oxygen atoms in total. The summed E-state index contributed by atoms with van der Waals surface area (Å²) in [7, 11) is 0. The molecule has 33 valence electrons. The van der Waals surface area contributed by atoms with Gasteiger partial charge in [0, 0.05) is 17.1 Å². The summed E-state index contributed by atoms with van der Waals surface area (Å²) in [6, 6.07) is 3.49. The van der Waals surface area contributed by atoms with Crippen LogP contribution >= 0.6 is 0 Å². The smallest absolute Gasteiger partial charge is 0 e. The summed E-state index contributed by atoms with van der Waals surface area (Å²) in [6.45, 7) is 0. The first-order valence-corrected chi connectivity index (χ1v) is 1.40. The molecule has 0 aliphatic rings. The fourth-order valence-electron chi connectivity index (χ4n) is 0.196. The quantitative estimate of drug-likeness (QED) is 0.370. The molecule has 0 aliphatic carbocycles. The average Bonchev–Trinajstić information content (AvgIpc) is 1.76. The van der Waals surface area contributed by atoms with E-state index >= 15 is 0 Å². The van der Waals surface area contributed by atoms with Crippen molar-refractivity contribution in [1.82, 2.24) is 0 Å². The number of hydrogen-bond donors (Lipinski definition) is 0. The standard InChI is InChI=1S/C4H3O.Mn/c1-2-4-5-3-1;/h1-3H;/q-1;. The van der Waals surface area contributed by atoms with E-state index in [4.69, 9.17) is 0 Å². The summed E-state index contributed by atoms with van der Waals surface area (Å²) in [5.74, 6) is 0. The number of rotatable bonds is 0. The van der Waals surface area contributed by atoms with E-state index in [0.717, 1.165) is 0 Å². The first-order chi connectivity index (χ1) is 2.50. The van der Waals surface area contributed by atoms with Crippen LogP contribution in [0.3, 0.4) is 0 Å². The number of hydrogen-bond acceptors (Lipinski definition) is 1. The molecule has 6 heavy (non-hydrogen) atoms. The normalized spacial score (nSPS) is 6.67. The fraction of sp³-hybridized carbons (Fsp3) is 0. The van der Waals surface area contributed by atoms with Crippen LogP contribution in [0.4, 0.5) is 0 Å². The van der Waals surface area contributed by atoms with E-state index in [1.807, 2.05) is 0 Å². The van der Waals surface area contributed by atoms with Gasteiger partial charge in [-0.05, 0) is 6.26 Å². The van der Waals surface area contributed by atoms with E-state index in [0.29, 0.717) is 0 Å². The van der Waals surface area contributed by atoms with E-state index in [-0.39, 0.29) is 17.1 Å². The van der Waals surface area contributed by atoms with Crippen LogP contribution in [-0.2, 0) is 17.1 Å². The van der Waals surface area contributed by atoms with Gasteiger partial charge in [0.15, 0.2) is 0 Å². The van der Waals surface area contributed by atoms with Crippen molar-refractivity contribution in [3.63, 3.8) is 0 Å². The Bertz CT molecular complexity index is 64.0. The van der Waals surface area contributed by atoms with Gasteiger partial charge in [0.2, 0.25) is 0 Å². The Morgan fingerprint density at radius 3 is 2.50 bits per heavy atom. The fourth-order valence-corrected chi connectivity index (χ4v) is 0.196. The third kappa shape index (κ3) is 1.29. The summed E-state index contributed by atoms with van der Waals surface area (Å²) in [5, 5.41) is 0. The molecule has 1 heterocycles. The monoisotopic (exact) mass is 122 g/mol. The molecule has 0 aliphatic heterocycles. The van der Waals surface area contributed by atoms with Crippen LogP contribution in [0.25, 0.3) is 0 Å². The minimum Gasteiger partial charge on any atom is -0.599 e. The van der Waals surface area contributed by atoms with Gasteiger partial charge >= 0.3 is 0 Å². The molecule has 1 radical (unpaired) electrons. The molecular formula is C4H3MnO-. The zero-order valence-electron chi connectivity index (χ0n) is 3.02. The van der Waals surface area contributed by atoms with E-state index in [1.165, 1.54) is 0 Å². The second kappa shape index (κ2) is 3.01. The molecule has 0 spiro atoms. The average molecular weight is 122 g/mol. The third-order valence-corrected chi connectivity index (χ3v) is 0.379. The maximum absolute atomic E-state index is 4.46. The van der Waals surface area contributed by atoms with Crippen molar-refractivity contribution < 1.29 is 21.5 Å². The van der Waals surface area contributed by atoms with Gasteiger partial charge in [0.1, 0.15) is 0 Å². The second-order valence-electron chi connectivity index (χ2n) is 0.731. The molecule has 2 heteroatoms. The number of furan rings is 1. The van der Waals surface area contributed by atoms with E-state index in [1.54, 1.807) is 18.4 Å². The van der Waals surface area contributed by atoms with E-state index in [2.05, 4.69) is 10.7 Å². The first-order valence-electron chi connectivity index (χ1n) is 1.40. The predicted molar refractivity (Wildman–Crippen MR) is 17.5 cm³/mol. The molecule has 0 N–H and O–H groups in total. The summed E-state index contributed by atoms with van der Waals surface area (Å²) >= 11 is 0. The van der Waals surface area contributed by atoms with Gasteiger partial charge in [-0.3, -0.25) is 0 Å². The van der Waals surface area contributed by atoms with Gasteiger partial charge in [-0.15, -0.1) is 6.07 Å². The maximum Gasteiger partial charge on any atom is 0 e. The van der Waals surface area contributed by atoms with E-state index < -0.39 is 0 Å². The van der Waals surface area contributed by atoms with Crippen LogP contribution < -0.4 is 0 Å². The first kappa shape index (κ1) is 5.80. The van der Waals surface area contributed by atoms with Gasteiger partial charge in [-0.1, -0.05) is 6.26 Å². The molecule has 0 fully saturated rings. The van der Waals surface area contributed by atoms with Crippen LogP contribution in [0, 0.1) is 6.26 Å². The van der Waals surface area contributed by atoms with Crippen LogP contribution in [-0.4, -0.2) is 0 Å². The minimum absolute atomic E-state index is 0. The van der Waals surface area contributed by atoms with Crippen molar-refractivity contribution in [1.29, 1.82) is 0 Å². The molecule has 0 saturated heterocycles. The molecule has 1 aromatic rings. The minimum atomic E-state index is 0. The van der Waals surface area contributed by atoms with Crippen molar-refractivity contribution in [2.45, 2.75) is 0 Å². The van der Waals surface area contributed by atoms with Crippen LogP contribution in [0.2, 0.25) is 0 Å². The molecular weight excluding hydrogens is 119 g/mol. The van der Waals surface area contributed by atoms with Crippen molar-refractivity contribution >= 4 is 0 Å². The maximum atomic E-state index is 4.46. The van der Waals surface area contributed by atoms with Crippen molar-refractivity contribution in [3.8, 4) is 0 Å². The molecule has 0 aromatic carbocycles. The van der Waals surface area contributed by atoms with Crippen LogP contribution in [0.1, 0.15) is 0 Å². The topological polar surface area (TPSA) is 13.1 Å². The van der Waals surface area contributed by atoms with Gasteiger partial charge in [-0.2, -0.15) is 6.07 Å². The summed E-state index contributed by atoms with van der Waals surface area (Å²) < 4.78 is 4.46. The Morgan fingerprint density at radius 1 is 1.50 bits per heavy atom. The van der Waals surface area contributed by atoms with Gasteiger partial charge in [0.05, 0.1) is 0 Å². The molecule has 0 amide bonds. The molecule has 0 unspecified atom stereocenters. The van der Waals surface area contributed by atoms with Crippen molar-refractivity contribution in [2.75, 3.05) is 0 Å². The van der Waals surface area contributed by atoms with Crippen molar-refractivity contribution in [3.05, 3.63) is 24.7 Å². The van der Waals surface area contributed by atoms with Gasteiger partial charge < -0.3 is 4.42 Å². The zero-order chi connectivity index (χ0) is 3.54. The molecule has 1 aromatic heterocycles. The SMILES string of the molecule is [Mn].[c-]1ccco1. The summed E-state index contributed by atoms with van der Waals surface area (Å²) in [5.41, 5.74) is 0. The van der Waals surface area contributed by atoms with Gasteiger partial charge in [0.25, 0.3) is 0 Å². The second-order valence-corrected chi connectivity index (χ2v) is 0.731. The Labute approximate surface area is 46.8 Å². The van der Waals surface area contributed by atoms with Crippen molar-refractivity contribution in [2.24, 2.45) is 0 Å². The van der Waals surface area contributed by atoms with Crippen LogP contribution in [0.15, 0.2) is 22.8 Å². The van der Waals surface area contributed by atoms with Gasteiger partial charge in [-0.25, -0.2) is 0 Å². The summed E-state index contributed by atoms with van der Waals surface area (Å²) in [6.07, 6.45) is 4.06. The largest absolute Gasteiger partial charge is 0.599 e. The Balaban J connectivity index is 0.000000250. The molecule has 0 saturated carbocycles. The third-order valence-electron chi connectivity index (χ3n) is 0.379. The Hall–Kier alpha value is -0.201.